The molecule has 0 saturated heterocycles. The summed E-state index contributed by atoms with van der Waals surface area (Å²) in [6.45, 7) is 4.64. The first-order chi connectivity index (χ1) is 15.9. The van der Waals surface area contributed by atoms with Crippen LogP contribution in [-0.2, 0) is 12.4 Å². The molecule has 1 amide bonds. The third kappa shape index (κ3) is 6.14. The predicted octanol–water partition coefficient (Wildman–Crippen LogP) is 5.15. The zero-order valence-corrected chi connectivity index (χ0v) is 18.9. The Labute approximate surface area is 195 Å². The molecular formula is C21H21F6N5OS. The van der Waals surface area contributed by atoms with Crippen LogP contribution >= 0.6 is 11.3 Å². The highest BCUT2D eigenvalue weighted by Gasteiger charge is 2.41. The van der Waals surface area contributed by atoms with Crippen LogP contribution in [0.2, 0.25) is 0 Å². The van der Waals surface area contributed by atoms with Gasteiger partial charge in [0, 0.05) is 23.5 Å². The molecule has 13 heteroatoms. The van der Waals surface area contributed by atoms with Crippen molar-refractivity contribution in [3.05, 3.63) is 52.7 Å². The van der Waals surface area contributed by atoms with E-state index in [1.807, 2.05) is 13.8 Å². The van der Waals surface area contributed by atoms with Gasteiger partial charge in [-0.3, -0.25) is 4.79 Å². The van der Waals surface area contributed by atoms with E-state index in [0.717, 1.165) is 29.7 Å². The molecule has 0 bridgehead atoms. The Balaban J connectivity index is 1.85. The number of hydrogen-bond donors (Lipinski definition) is 2. The van der Waals surface area contributed by atoms with Crippen LogP contribution in [0, 0.1) is 0 Å². The molecule has 0 fully saturated rings. The molecule has 2 N–H and O–H groups in total. The highest BCUT2D eigenvalue weighted by atomic mass is 32.1. The maximum Gasteiger partial charge on any atom is 0.434 e. The molecule has 2 aromatic heterocycles. The summed E-state index contributed by atoms with van der Waals surface area (Å²) in [5.41, 5.74) is -2.74. The van der Waals surface area contributed by atoms with Gasteiger partial charge in [-0.25, -0.2) is 9.67 Å². The van der Waals surface area contributed by atoms with Crippen molar-refractivity contribution in [3.63, 3.8) is 0 Å². The largest absolute Gasteiger partial charge is 0.434 e. The minimum absolute atomic E-state index is 0.0541. The van der Waals surface area contributed by atoms with Crippen molar-refractivity contribution in [1.82, 2.24) is 25.4 Å². The molecular weight excluding hydrogens is 484 g/mol. The highest BCUT2D eigenvalue weighted by Crippen LogP contribution is 2.36. The molecule has 0 aliphatic carbocycles. The van der Waals surface area contributed by atoms with Crippen molar-refractivity contribution in [1.29, 1.82) is 0 Å². The summed E-state index contributed by atoms with van der Waals surface area (Å²) in [4.78, 5) is 16.4. The Kier molecular flexibility index (Phi) is 7.66. The van der Waals surface area contributed by atoms with Crippen molar-refractivity contribution in [2.24, 2.45) is 0 Å². The van der Waals surface area contributed by atoms with E-state index in [9.17, 15) is 31.1 Å². The van der Waals surface area contributed by atoms with Crippen LogP contribution in [0.4, 0.5) is 26.3 Å². The average Bonchev–Trinajstić information content (AvgIpc) is 3.39. The predicted molar refractivity (Wildman–Crippen MR) is 115 cm³/mol. The van der Waals surface area contributed by atoms with Crippen LogP contribution < -0.4 is 10.6 Å². The molecule has 6 nitrogen and oxygen atoms in total. The number of benzene rings is 1. The van der Waals surface area contributed by atoms with Crippen molar-refractivity contribution < 1.29 is 31.1 Å². The van der Waals surface area contributed by atoms with E-state index in [1.54, 1.807) is 0 Å². The van der Waals surface area contributed by atoms with Gasteiger partial charge in [-0.1, -0.05) is 26.0 Å². The fourth-order valence-corrected chi connectivity index (χ4v) is 3.85. The van der Waals surface area contributed by atoms with E-state index >= 15 is 0 Å². The van der Waals surface area contributed by atoms with Crippen LogP contribution in [0.1, 0.15) is 41.9 Å². The summed E-state index contributed by atoms with van der Waals surface area (Å²) in [6.07, 6.45) is -8.18. The van der Waals surface area contributed by atoms with Crippen LogP contribution in [0.25, 0.3) is 16.4 Å². The molecule has 0 aliphatic heterocycles. The van der Waals surface area contributed by atoms with Gasteiger partial charge < -0.3 is 10.6 Å². The number of nitrogens with zero attached hydrogens (tertiary/aromatic N) is 3. The molecule has 0 saturated carbocycles. The third-order valence-corrected chi connectivity index (χ3v) is 5.45. The van der Waals surface area contributed by atoms with Crippen molar-refractivity contribution in [2.45, 2.75) is 38.7 Å². The summed E-state index contributed by atoms with van der Waals surface area (Å²) in [6, 6.07) is 4.54. The molecule has 1 aromatic carbocycles. The molecule has 2 heterocycles. The number of amides is 1. The second kappa shape index (κ2) is 10.1. The van der Waals surface area contributed by atoms with E-state index in [-0.39, 0.29) is 29.0 Å². The number of hydrogen-bond acceptors (Lipinski definition) is 5. The van der Waals surface area contributed by atoms with Gasteiger partial charge >= 0.3 is 12.4 Å². The fourth-order valence-electron chi connectivity index (χ4n) is 3.06. The second-order valence-electron chi connectivity index (χ2n) is 7.63. The first kappa shape index (κ1) is 25.7. The molecule has 0 aliphatic rings. The third-order valence-electron chi connectivity index (χ3n) is 4.63. The topological polar surface area (TPSA) is 71.8 Å². The molecule has 0 radical (unpaired) electrons. The Hall–Kier alpha value is -2.93. The quantitative estimate of drug-likeness (QED) is 0.328. The zero-order valence-electron chi connectivity index (χ0n) is 18.1. The van der Waals surface area contributed by atoms with Crippen molar-refractivity contribution in [2.75, 3.05) is 13.1 Å². The number of alkyl halides is 6. The van der Waals surface area contributed by atoms with Gasteiger partial charge in [-0.15, -0.1) is 11.3 Å². The molecule has 184 valence electrons. The maximum absolute atomic E-state index is 13.8. The zero-order chi connectivity index (χ0) is 25.1. The average molecular weight is 505 g/mol. The van der Waals surface area contributed by atoms with E-state index in [0.29, 0.717) is 17.6 Å². The Morgan fingerprint density at radius 1 is 1.12 bits per heavy atom. The Morgan fingerprint density at radius 3 is 2.50 bits per heavy atom. The number of nitrogens with one attached hydrogen (secondary N) is 2. The summed E-state index contributed by atoms with van der Waals surface area (Å²) in [5.74, 6) is -0.933. The van der Waals surface area contributed by atoms with Gasteiger partial charge in [-0.2, -0.15) is 31.4 Å². The molecule has 34 heavy (non-hydrogen) atoms. The minimum Gasteiger partial charge on any atom is -0.352 e. The standard InChI is InChI=1S/C21H21F6N5OS/c1-12(2)28-7-4-8-29-18(33)15-10-30-32(17(15)21(25,26)27)19-31-16(11-34-19)13-5-3-6-14(9-13)20(22,23)24/h3,5-6,9-12,28H,4,7-8H2,1-2H3,(H,29,33). The van der Waals surface area contributed by atoms with Gasteiger partial charge in [0.25, 0.3) is 5.91 Å². The maximum atomic E-state index is 13.8. The lowest BCUT2D eigenvalue weighted by Crippen LogP contribution is -2.30. The van der Waals surface area contributed by atoms with Crippen molar-refractivity contribution >= 4 is 17.2 Å². The van der Waals surface area contributed by atoms with Gasteiger partial charge in [0.2, 0.25) is 5.13 Å². The van der Waals surface area contributed by atoms with Gasteiger partial charge in [0.05, 0.1) is 23.0 Å². The number of carbonyl (C=O) groups is 1. The van der Waals surface area contributed by atoms with Crippen molar-refractivity contribution in [3.8, 4) is 16.4 Å². The van der Waals surface area contributed by atoms with Crippen LogP contribution in [0.3, 0.4) is 0 Å². The molecule has 0 atom stereocenters. The first-order valence-corrected chi connectivity index (χ1v) is 11.1. The molecule has 0 spiro atoms. The molecule has 3 aromatic rings. The fraction of sp³-hybridized carbons (Fsp3) is 0.381. The van der Waals surface area contributed by atoms with E-state index < -0.39 is 35.1 Å². The highest BCUT2D eigenvalue weighted by molar-refractivity contribution is 7.12. The summed E-state index contributed by atoms with van der Waals surface area (Å²) < 4.78 is 80.9. The lowest BCUT2D eigenvalue weighted by Gasteiger charge is -2.12. The lowest BCUT2D eigenvalue weighted by molar-refractivity contribution is -0.143. The SMILES string of the molecule is CC(C)NCCCNC(=O)c1cnn(-c2nc(-c3cccc(C(F)(F)F)c3)cs2)c1C(F)(F)F. The Bertz CT molecular complexity index is 1140. The van der Waals surface area contributed by atoms with Crippen LogP contribution in [-0.4, -0.2) is 39.8 Å². The summed E-state index contributed by atoms with van der Waals surface area (Å²) in [7, 11) is 0. The monoisotopic (exact) mass is 505 g/mol. The number of carbonyl (C=O) groups excluding carboxylic acids is 1. The molecule has 3 rings (SSSR count). The number of halogens is 6. The van der Waals surface area contributed by atoms with Gasteiger partial charge in [-0.05, 0) is 25.1 Å². The number of aromatic nitrogens is 3. The van der Waals surface area contributed by atoms with E-state index in [1.165, 1.54) is 17.5 Å². The van der Waals surface area contributed by atoms with E-state index in [2.05, 4.69) is 20.7 Å². The van der Waals surface area contributed by atoms with Gasteiger partial charge in [0.15, 0.2) is 5.69 Å². The summed E-state index contributed by atoms with van der Waals surface area (Å²) in [5, 5.41) is 10.4. The van der Waals surface area contributed by atoms with Crippen LogP contribution in [0.15, 0.2) is 35.8 Å². The first-order valence-electron chi connectivity index (χ1n) is 10.2. The van der Waals surface area contributed by atoms with Gasteiger partial charge in [0.1, 0.15) is 0 Å². The lowest BCUT2D eigenvalue weighted by atomic mass is 10.1. The number of thiazole rings is 1. The number of rotatable bonds is 8. The van der Waals surface area contributed by atoms with Crippen LogP contribution in [0.5, 0.6) is 0 Å². The van der Waals surface area contributed by atoms with E-state index in [4.69, 9.17) is 0 Å². The normalized spacial score (nSPS) is 12.4. The second-order valence-corrected chi connectivity index (χ2v) is 8.47. The Morgan fingerprint density at radius 2 is 1.85 bits per heavy atom. The minimum atomic E-state index is -4.93. The summed E-state index contributed by atoms with van der Waals surface area (Å²) >= 11 is 0.761. The molecule has 0 unspecified atom stereocenters. The smallest absolute Gasteiger partial charge is 0.352 e.